The summed E-state index contributed by atoms with van der Waals surface area (Å²) in [5.41, 5.74) is 3.10. The lowest BCUT2D eigenvalue weighted by Gasteiger charge is -2.40. The summed E-state index contributed by atoms with van der Waals surface area (Å²) in [5.74, 6) is 0.485. The van der Waals surface area contributed by atoms with Gasteiger partial charge in [0.25, 0.3) is 0 Å². The number of ether oxygens (including phenoxy) is 2. The van der Waals surface area contributed by atoms with Gasteiger partial charge in [0, 0.05) is 11.8 Å². The molecule has 0 aliphatic heterocycles. The van der Waals surface area contributed by atoms with Crippen molar-refractivity contribution in [2.24, 2.45) is 5.92 Å². The molecule has 1 aliphatic rings. The molecule has 4 nitrogen and oxygen atoms in total. The van der Waals surface area contributed by atoms with Gasteiger partial charge in [0.05, 0.1) is 14.2 Å². The van der Waals surface area contributed by atoms with E-state index in [0.717, 1.165) is 16.8 Å². The summed E-state index contributed by atoms with van der Waals surface area (Å²) in [6.45, 7) is 8.06. The summed E-state index contributed by atoms with van der Waals surface area (Å²) in [4.78, 5) is 17.4. The van der Waals surface area contributed by atoms with Crippen LogP contribution in [-0.2, 0) is 14.9 Å². The first kappa shape index (κ1) is 17.3. The molecule has 1 aromatic heterocycles. The summed E-state index contributed by atoms with van der Waals surface area (Å²) < 4.78 is 10.4. The van der Waals surface area contributed by atoms with Crippen LogP contribution in [0.3, 0.4) is 0 Å². The minimum absolute atomic E-state index is 0.175. The van der Waals surface area contributed by atoms with Crippen LogP contribution in [0.2, 0.25) is 0 Å². The van der Waals surface area contributed by atoms with Crippen LogP contribution >= 0.6 is 0 Å². The van der Waals surface area contributed by atoms with Gasteiger partial charge in [0.15, 0.2) is 0 Å². The molecule has 0 saturated carbocycles. The van der Waals surface area contributed by atoms with Gasteiger partial charge in [-0.2, -0.15) is 0 Å². The van der Waals surface area contributed by atoms with Crippen molar-refractivity contribution in [3.63, 3.8) is 0 Å². The summed E-state index contributed by atoms with van der Waals surface area (Å²) in [7, 11) is 3.03. The number of allylic oxidation sites excluding steroid dienone is 3. The highest BCUT2D eigenvalue weighted by Crippen LogP contribution is 2.47. The van der Waals surface area contributed by atoms with E-state index in [0.29, 0.717) is 12.3 Å². The maximum Gasteiger partial charge on any atom is 0.320 e. The molecule has 0 N–H and O–H groups in total. The maximum absolute atomic E-state index is 12.9. The molecule has 0 aromatic carbocycles. The molecular weight excluding hydrogens is 290 g/mol. The van der Waals surface area contributed by atoms with Crippen molar-refractivity contribution in [2.75, 3.05) is 14.2 Å². The van der Waals surface area contributed by atoms with Gasteiger partial charge in [0.1, 0.15) is 5.41 Å². The van der Waals surface area contributed by atoms with Crippen LogP contribution in [-0.4, -0.2) is 25.2 Å². The minimum Gasteiger partial charge on any atom is -0.481 e. The van der Waals surface area contributed by atoms with E-state index >= 15 is 0 Å². The molecule has 0 saturated heterocycles. The van der Waals surface area contributed by atoms with Crippen LogP contribution in [0, 0.1) is 12.8 Å². The zero-order valence-electron chi connectivity index (χ0n) is 14.8. The molecule has 2 atom stereocenters. The Morgan fingerprint density at radius 2 is 2.04 bits per heavy atom. The number of aromatic nitrogens is 1. The highest BCUT2D eigenvalue weighted by molar-refractivity contribution is 5.89. The molecule has 23 heavy (non-hydrogen) atoms. The Labute approximate surface area is 138 Å². The van der Waals surface area contributed by atoms with E-state index < -0.39 is 5.41 Å². The Kier molecular flexibility index (Phi) is 4.93. The third-order valence-electron chi connectivity index (χ3n) is 4.64. The number of nitrogens with zero attached hydrogens (tertiary/aromatic N) is 1. The molecule has 4 heteroatoms. The molecule has 0 amide bonds. The van der Waals surface area contributed by atoms with Crippen LogP contribution in [0.15, 0.2) is 35.4 Å². The monoisotopic (exact) mass is 315 g/mol. The first-order chi connectivity index (χ1) is 10.9. The smallest absolute Gasteiger partial charge is 0.320 e. The molecule has 1 heterocycles. The fourth-order valence-electron chi connectivity index (χ4n) is 3.82. The van der Waals surface area contributed by atoms with Crippen molar-refractivity contribution in [3.05, 3.63) is 46.7 Å². The maximum atomic E-state index is 12.9. The number of aryl methyl sites for hydroxylation is 1. The van der Waals surface area contributed by atoms with Crippen LogP contribution < -0.4 is 4.74 Å². The average Bonchev–Trinajstić information content (AvgIpc) is 2.52. The Morgan fingerprint density at radius 1 is 1.35 bits per heavy atom. The minimum atomic E-state index is -0.814. The fourth-order valence-corrected chi connectivity index (χ4v) is 3.82. The number of hydrogen-bond donors (Lipinski definition) is 0. The number of pyridine rings is 1. The number of carbonyl (C=O) groups excluding carboxylic acids is 1. The van der Waals surface area contributed by atoms with Gasteiger partial charge in [-0.3, -0.25) is 4.79 Å². The van der Waals surface area contributed by atoms with Gasteiger partial charge in [-0.15, -0.1) is 0 Å². The number of carbonyl (C=O) groups is 1. The van der Waals surface area contributed by atoms with Gasteiger partial charge in [0.2, 0.25) is 5.88 Å². The largest absolute Gasteiger partial charge is 0.481 e. The van der Waals surface area contributed by atoms with Crippen LogP contribution in [0.1, 0.15) is 38.4 Å². The molecule has 0 spiro atoms. The third kappa shape index (κ3) is 2.78. The molecule has 1 aromatic rings. The van der Waals surface area contributed by atoms with Gasteiger partial charge in [-0.25, -0.2) is 4.98 Å². The highest BCUT2D eigenvalue weighted by Gasteiger charge is 2.49. The second kappa shape index (κ2) is 6.57. The zero-order chi connectivity index (χ0) is 17.2. The molecular formula is C19H25NO3. The molecule has 124 valence electrons. The predicted octanol–water partition coefficient (Wildman–Crippen LogP) is 3.74. The quantitative estimate of drug-likeness (QED) is 0.630. The molecule has 0 fully saturated rings. The van der Waals surface area contributed by atoms with Crippen molar-refractivity contribution < 1.29 is 14.3 Å². The van der Waals surface area contributed by atoms with Crippen molar-refractivity contribution in [2.45, 2.75) is 39.5 Å². The lowest BCUT2D eigenvalue weighted by molar-refractivity contribution is -0.146. The molecule has 0 unspecified atom stereocenters. The van der Waals surface area contributed by atoms with Gasteiger partial charge < -0.3 is 9.47 Å². The lowest BCUT2D eigenvalue weighted by Crippen LogP contribution is -2.43. The van der Waals surface area contributed by atoms with Crippen molar-refractivity contribution >= 4 is 5.97 Å². The van der Waals surface area contributed by atoms with Gasteiger partial charge in [-0.05, 0) is 44.2 Å². The number of hydrogen-bond acceptors (Lipinski definition) is 4. The first-order valence-corrected chi connectivity index (χ1v) is 7.85. The van der Waals surface area contributed by atoms with Gasteiger partial charge >= 0.3 is 5.97 Å². The Morgan fingerprint density at radius 3 is 2.57 bits per heavy atom. The predicted molar refractivity (Wildman–Crippen MR) is 90.5 cm³/mol. The van der Waals surface area contributed by atoms with E-state index in [-0.39, 0.29) is 11.9 Å². The van der Waals surface area contributed by atoms with E-state index in [2.05, 4.69) is 24.9 Å². The van der Waals surface area contributed by atoms with E-state index in [4.69, 9.17) is 9.47 Å². The normalized spacial score (nSPS) is 25.9. The topological polar surface area (TPSA) is 48.4 Å². The van der Waals surface area contributed by atoms with E-state index in [1.54, 1.807) is 13.2 Å². The number of rotatable bonds is 3. The fraction of sp³-hybridized carbons (Fsp3) is 0.474. The first-order valence-electron chi connectivity index (χ1n) is 7.85. The van der Waals surface area contributed by atoms with Crippen LogP contribution in [0.25, 0.3) is 0 Å². The molecule has 0 bridgehead atoms. The SMILES string of the molecule is CC=C1[C@H](C)C=C(C)C[C@]1(C(=O)OC)c1ccc(OC)nc1C. The van der Waals surface area contributed by atoms with Crippen LogP contribution in [0.5, 0.6) is 5.88 Å². The van der Waals surface area contributed by atoms with Crippen LogP contribution in [0.4, 0.5) is 0 Å². The summed E-state index contributed by atoms with van der Waals surface area (Å²) in [5, 5.41) is 0. The second-order valence-corrected chi connectivity index (χ2v) is 6.11. The van der Waals surface area contributed by atoms with E-state index in [1.807, 2.05) is 26.0 Å². The molecule has 1 aliphatic carbocycles. The second-order valence-electron chi connectivity index (χ2n) is 6.11. The standard InChI is InChI=1S/C19H25NO3/c1-7-15-13(3)10-12(2)11-19(15,18(21)23-6)16-8-9-17(22-5)20-14(16)4/h7-10,13H,11H2,1-6H3/t13-,19-/m1/s1. The average molecular weight is 315 g/mol. The Hall–Kier alpha value is -2.10. The highest BCUT2D eigenvalue weighted by atomic mass is 16.5. The third-order valence-corrected chi connectivity index (χ3v) is 4.64. The van der Waals surface area contributed by atoms with Crippen molar-refractivity contribution in [1.29, 1.82) is 0 Å². The summed E-state index contributed by atoms with van der Waals surface area (Å²) in [6.07, 6.45) is 4.86. The number of esters is 1. The Balaban J connectivity index is 2.75. The Bertz CT molecular complexity index is 675. The van der Waals surface area contributed by atoms with E-state index in [1.165, 1.54) is 12.7 Å². The zero-order valence-corrected chi connectivity index (χ0v) is 14.8. The van der Waals surface area contributed by atoms with Crippen molar-refractivity contribution in [1.82, 2.24) is 4.98 Å². The summed E-state index contributed by atoms with van der Waals surface area (Å²) >= 11 is 0. The van der Waals surface area contributed by atoms with Gasteiger partial charge in [-0.1, -0.05) is 30.7 Å². The number of methoxy groups -OCH3 is 2. The van der Waals surface area contributed by atoms with Crippen molar-refractivity contribution in [3.8, 4) is 5.88 Å². The summed E-state index contributed by atoms with van der Waals surface area (Å²) in [6, 6.07) is 3.74. The molecule has 0 radical (unpaired) electrons. The lowest BCUT2D eigenvalue weighted by atomic mass is 9.62. The molecule has 2 rings (SSSR count). The van der Waals surface area contributed by atoms with E-state index in [9.17, 15) is 4.79 Å².